The number of fused-ring (bicyclic) bond motifs is 5. The largest absolute Gasteiger partial charge is 0.510 e. The van der Waals surface area contributed by atoms with Gasteiger partial charge in [0.05, 0.1) is 6.10 Å². The number of allylic oxidation sites excluding steroid dienone is 5. The summed E-state index contributed by atoms with van der Waals surface area (Å²) in [7, 11) is 0. The molecule has 148 valence electrons. The van der Waals surface area contributed by atoms with Crippen LogP contribution < -0.4 is 0 Å². The van der Waals surface area contributed by atoms with Crippen molar-refractivity contribution in [2.75, 3.05) is 6.61 Å². The van der Waals surface area contributed by atoms with Gasteiger partial charge in [-0.15, -0.1) is 0 Å². The van der Waals surface area contributed by atoms with Crippen LogP contribution in [0.5, 0.6) is 0 Å². The zero-order valence-electron chi connectivity index (χ0n) is 16.2. The zero-order chi connectivity index (χ0) is 19.8. The van der Waals surface area contributed by atoms with E-state index in [2.05, 4.69) is 0 Å². The summed E-state index contributed by atoms with van der Waals surface area (Å²) in [6.45, 7) is 5.38. The molecule has 0 aromatic heterocycles. The van der Waals surface area contributed by atoms with Gasteiger partial charge >= 0.3 is 0 Å². The highest BCUT2D eigenvalue weighted by atomic mass is 19.1. The summed E-state index contributed by atoms with van der Waals surface area (Å²) in [5.74, 6) is -0.495. The van der Waals surface area contributed by atoms with Crippen molar-refractivity contribution in [2.24, 2.45) is 28.6 Å². The number of ketones is 1. The van der Waals surface area contributed by atoms with E-state index in [1.807, 2.05) is 13.8 Å². The molecule has 0 spiro atoms. The van der Waals surface area contributed by atoms with Crippen LogP contribution in [0.4, 0.5) is 4.39 Å². The molecule has 5 heteroatoms. The molecular formula is C22H29FO4. The van der Waals surface area contributed by atoms with Crippen LogP contribution in [0.1, 0.15) is 46.5 Å². The van der Waals surface area contributed by atoms with E-state index >= 15 is 4.39 Å². The SMILES string of the molecule is C[C@@H]1C[C@H]2[C@@H]3CCC4=CC(=O)C=C[C@]4(C)[C@@]3(F)[C@@H](O)C[C@]2(C)C1=C(O)CO. The van der Waals surface area contributed by atoms with Crippen LogP contribution >= 0.6 is 0 Å². The molecular weight excluding hydrogens is 347 g/mol. The first-order valence-electron chi connectivity index (χ1n) is 9.94. The number of hydrogen-bond donors (Lipinski definition) is 3. The molecule has 3 fully saturated rings. The van der Waals surface area contributed by atoms with Crippen molar-refractivity contribution < 1.29 is 24.5 Å². The molecule has 4 nitrogen and oxygen atoms in total. The highest BCUT2D eigenvalue weighted by Crippen LogP contribution is 2.69. The number of aliphatic hydroxyl groups excluding tert-OH is 3. The van der Waals surface area contributed by atoms with Crippen LogP contribution in [-0.2, 0) is 4.79 Å². The third kappa shape index (κ3) is 2.18. The zero-order valence-corrected chi connectivity index (χ0v) is 16.2. The number of carbonyl (C=O) groups is 1. The quantitative estimate of drug-likeness (QED) is 0.613. The lowest BCUT2D eigenvalue weighted by Gasteiger charge is -2.61. The molecule has 0 amide bonds. The number of hydrogen-bond acceptors (Lipinski definition) is 4. The molecule has 0 radical (unpaired) electrons. The Morgan fingerprint density at radius 2 is 2.04 bits per heavy atom. The maximum Gasteiger partial charge on any atom is 0.178 e. The molecule has 0 aromatic rings. The summed E-state index contributed by atoms with van der Waals surface area (Å²) < 4.78 is 16.8. The van der Waals surface area contributed by atoms with Crippen LogP contribution in [-0.4, -0.2) is 39.5 Å². The fraction of sp³-hybridized carbons (Fsp3) is 0.682. The Balaban J connectivity index is 1.84. The first-order chi connectivity index (χ1) is 12.6. The number of alkyl halides is 1. The van der Waals surface area contributed by atoms with Crippen LogP contribution in [0.25, 0.3) is 0 Å². The molecule has 27 heavy (non-hydrogen) atoms. The average molecular weight is 376 g/mol. The summed E-state index contributed by atoms with van der Waals surface area (Å²) in [4.78, 5) is 11.8. The van der Waals surface area contributed by atoms with Gasteiger partial charge in [0.2, 0.25) is 0 Å². The van der Waals surface area contributed by atoms with Gasteiger partial charge in [0, 0.05) is 11.3 Å². The van der Waals surface area contributed by atoms with E-state index in [4.69, 9.17) is 0 Å². The first-order valence-corrected chi connectivity index (χ1v) is 9.94. The number of carbonyl (C=O) groups excluding carboxylic acids is 1. The van der Waals surface area contributed by atoms with E-state index < -0.39 is 29.2 Å². The monoisotopic (exact) mass is 376 g/mol. The van der Waals surface area contributed by atoms with Gasteiger partial charge in [0.1, 0.15) is 12.4 Å². The molecule has 0 aromatic carbocycles. The first kappa shape index (κ1) is 18.9. The predicted molar refractivity (Wildman–Crippen MR) is 99.6 cm³/mol. The topological polar surface area (TPSA) is 77.8 Å². The van der Waals surface area contributed by atoms with Crippen LogP contribution in [0.15, 0.2) is 35.1 Å². The Kier molecular flexibility index (Phi) is 4.04. The third-order valence-electron chi connectivity index (χ3n) is 8.21. The molecule has 0 bridgehead atoms. The molecule has 4 rings (SSSR count). The lowest BCUT2D eigenvalue weighted by Crippen LogP contribution is -2.66. The maximum atomic E-state index is 16.8. The molecule has 7 atom stereocenters. The number of rotatable bonds is 1. The number of halogens is 1. The molecule has 0 saturated heterocycles. The van der Waals surface area contributed by atoms with Crippen molar-refractivity contribution in [3.8, 4) is 0 Å². The second kappa shape index (κ2) is 5.77. The average Bonchev–Trinajstić information content (AvgIpc) is 2.86. The van der Waals surface area contributed by atoms with Gasteiger partial charge in [-0.25, -0.2) is 4.39 Å². The molecule has 0 heterocycles. The van der Waals surface area contributed by atoms with E-state index in [9.17, 15) is 20.1 Å². The Morgan fingerprint density at radius 3 is 2.70 bits per heavy atom. The highest BCUT2D eigenvalue weighted by molar-refractivity contribution is 6.01. The molecule has 0 unspecified atom stereocenters. The van der Waals surface area contributed by atoms with Crippen molar-refractivity contribution in [1.29, 1.82) is 0 Å². The summed E-state index contributed by atoms with van der Waals surface area (Å²) in [5, 5.41) is 31.0. The van der Waals surface area contributed by atoms with Crippen molar-refractivity contribution in [3.05, 3.63) is 35.1 Å². The van der Waals surface area contributed by atoms with E-state index in [1.54, 1.807) is 13.0 Å². The van der Waals surface area contributed by atoms with E-state index in [0.29, 0.717) is 12.8 Å². The van der Waals surface area contributed by atoms with Crippen LogP contribution in [0.3, 0.4) is 0 Å². The normalized spacial score (nSPS) is 50.6. The van der Waals surface area contributed by atoms with Crippen LogP contribution in [0, 0.1) is 28.6 Å². The summed E-state index contributed by atoms with van der Waals surface area (Å²) in [5.41, 5.74) is -1.81. The minimum absolute atomic E-state index is 0.0194. The fourth-order valence-electron chi connectivity index (χ4n) is 7.07. The lowest BCUT2D eigenvalue weighted by molar-refractivity contribution is -0.184. The smallest absolute Gasteiger partial charge is 0.178 e. The molecule has 3 saturated carbocycles. The molecule has 0 aliphatic heterocycles. The van der Waals surface area contributed by atoms with Crippen molar-refractivity contribution in [3.63, 3.8) is 0 Å². The van der Waals surface area contributed by atoms with E-state index in [0.717, 1.165) is 17.6 Å². The highest BCUT2D eigenvalue weighted by Gasteiger charge is 2.70. The summed E-state index contributed by atoms with van der Waals surface area (Å²) >= 11 is 0. The molecule has 3 N–H and O–H groups in total. The molecule has 4 aliphatic carbocycles. The van der Waals surface area contributed by atoms with Gasteiger partial charge in [-0.3, -0.25) is 4.79 Å². The second-order valence-electron chi connectivity index (χ2n) is 9.42. The van der Waals surface area contributed by atoms with Crippen molar-refractivity contribution >= 4 is 5.78 Å². The predicted octanol–water partition coefficient (Wildman–Crippen LogP) is 3.41. The summed E-state index contributed by atoms with van der Waals surface area (Å²) in [6.07, 6.45) is 5.57. The van der Waals surface area contributed by atoms with E-state index in [-0.39, 0.29) is 35.7 Å². The van der Waals surface area contributed by atoms with Gasteiger partial charge in [0.15, 0.2) is 11.5 Å². The van der Waals surface area contributed by atoms with Gasteiger partial charge < -0.3 is 15.3 Å². The Morgan fingerprint density at radius 1 is 1.33 bits per heavy atom. The molecule has 4 aliphatic rings. The Bertz CT molecular complexity index is 783. The van der Waals surface area contributed by atoms with Crippen molar-refractivity contribution in [1.82, 2.24) is 0 Å². The lowest BCUT2D eigenvalue weighted by atomic mass is 9.45. The van der Waals surface area contributed by atoms with E-state index in [1.165, 1.54) is 12.2 Å². The Labute approximate surface area is 159 Å². The number of aliphatic hydroxyl groups is 3. The Hall–Kier alpha value is -1.46. The van der Waals surface area contributed by atoms with Gasteiger partial charge in [0.25, 0.3) is 0 Å². The minimum atomic E-state index is -1.84. The van der Waals surface area contributed by atoms with Gasteiger partial charge in [-0.2, -0.15) is 0 Å². The second-order valence-corrected chi connectivity index (χ2v) is 9.42. The minimum Gasteiger partial charge on any atom is -0.510 e. The standard InChI is InChI=1S/C22H29FO4/c1-12-8-16-15-5-4-13-9-14(25)6-7-21(13,3)22(15,23)18(27)10-20(16,2)19(12)17(26)11-24/h6-7,9,12,15-16,18,24,26-27H,4-5,8,10-11H2,1-3H3/t12-,15+,16+,18+,20+,21+,22+/m1/s1. The third-order valence-corrected chi connectivity index (χ3v) is 8.21. The van der Waals surface area contributed by atoms with Gasteiger partial charge in [-0.1, -0.05) is 25.5 Å². The van der Waals surface area contributed by atoms with Gasteiger partial charge in [-0.05, 0) is 67.6 Å². The maximum absolute atomic E-state index is 16.8. The summed E-state index contributed by atoms with van der Waals surface area (Å²) in [6, 6.07) is 0. The van der Waals surface area contributed by atoms with Crippen LogP contribution in [0.2, 0.25) is 0 Å². The fourth-order valence-corrected chi connectivity index (χ4v) is 7.07. The van der Waals surface area contributed by atoms with Crippen molar-refractivity contribution in [2.45, 2.75) is 58.2 Å².